The Labute approximate surface area is 169 Å². The second-order valence-corrected chi connectivity index (χ2v) is 8.20. The van der Waals surface area contributed by atoms with Gasteiger partial charge in [0.2, 0.25) is 11.9 Å². The zero-order valence-corrected chi connectivity index (χ0v) is 16.5. The van der Waals surface area contributed by atoms with Crippen molar-refractivity contribution < 1.29 is 9.18 Å². The minimum absolute atomic E-state index is 0.0511. The molecule has 1 amide bonds. The van der Waals surface area contributed by atoms with Gasteiger partial charge in [-0.15, -0.1) is 0 Å². The number of aromatic nitrogens is 2. The molecule has 1 aliphatic carbocycles. The molecule has 2 fully saturated rings. The molecule has 1 aromatic carbocycles. The van der Waals surface area contributed by atoms with E-state index < -0.39 is 5.41 Å². The number of carbonyl (C=O) groups excluding carboxylic acids is 1. The Balaban J connectivity index is 1.47. The lowest BCUT2D eigenvalue weighted by Crippen LogP contribution is -2.32. The van der Waals surface area contributed by atoms with Crippen molar-refractivity contribution in [2.24, 2.45) is 5.73 Å². The molecule has 7 nitrogen and oxygen atoms in total. The summed E-state index contributed by atoms with van der Waals surface area (Å²) in [6, 6.07) is 4.81. The lowest BCUT2D eigenvalue weighted by Gasteiger charge is -2.22. The Morgan fingerprint density at radius 1 is 1.38 bits per heavy atom. The molecule has 3 heterocycles. The maximum atomic E-state index is 13.9. The molecule has 0 radical (unpaired) electrons. The summed E-state index contributed by atoms with van der Waals surface area (Å²) in [5.41, 5.74) is 8.00. The number of benzene rings is 1. The fourth-order valence-corrected chi connectivity index (χ4v) is 4.51. The van der Waals surface area contributed by atoms with E-state index in [1.807, 2.05) is 6.92 Å². The van der Waals surface area contributed by atoms with Gasteiger partial charge in [0.15, 0.2) is 0 Å². The summed E-state index contributed by atoms with van der Waals surface area (Å²) in [7, 11) is 0. The number of rotatable bonds is 5. The number of anilines is 3. The molecule has 1 saturated carbocycles. The first-order valence-corrected chi connectivity index (χ1v) is 10.2. The van der Waals surface area contributed by atoms with E-state index in [1.165, 1.54) is 12.1 Å². The van der Waals surface area contributed by atoms with Crippen molar-refractivity contribution in [3.8, 4) is 0 Å². The number of hydrogen-bond acceptors (Lipinski definition) is 6. The first-order chi connectivity index (χ1) is 14.0. The molecule has 8 heteroatoms. The lowest BCUT2D eigenvalue weighted by atomic mass is 9.98. The van der Waals surface area contributed by atoms with Gasteiger partial charge in [-0.2, -0.15) is 4.98 Å². The van der Waals surface area contributed by atoms with Gasteiger partial charge in [-0.1, -0.05) is 6.07 Å². The molecule has 2 aromatic rings. The maximum Gasteiger partial charge on any atom is 0.238 e. The second-order valence-electron chi connectivity index (χ2n) is 8.20. The predicted octanol–water partition coefficient (Wildman–Crippen LogP) is 2.16. The van der Waals surface area contributed by atoms with Crippen molar-refractivity contribution in [2.45, 2.75) is 44.2 Å². The van der Waals surface area contributed by atoms with Crippen molar-refractivity contribution in [1.29, 1.82) is 0 Å². The Kier molecular flexibility index (Phi) is 4.20. The van der Waals surface area contributed by atoms with Gasteiger partial charge in [-0.3, -0.25) is 4.79 Å². The molecule has 1 unspecified atom stereocenters. The highest BCUT2D eigenvalue weighted by Gasteiger charge is 2.59. The summed E-state index contributed by atoms with van der Waals surface area (Å²) < 4.78 is 13.9. The van der Waals surface area contributed by atoms with Crippen LogP contribution in [0.5, 0.6) is 0 Å². The van der Waals surface area contributed by atoms with Gasteiger partial charge in [0, 0.05) is 37.4 Å². The van der Waals surface area contributed by atoms with Crippen molar-refractivity contribution in [2.75, 3.05) is 34.8 Å². The zero-order chi connectivity index (χ0) is 20.2. The number of halogens is 1. The summed E-state index contributed by atoms with van der Waals surface area (Å²) in [5, 5.41) is 3.29. The standard InChI is InChI=1S/C21H25FN6O/c1-2-24-18-13(10-25-20(26-18)27-8-5-15(23)12-27)11-28-17-9-14(22)3-4-16(17)21(6-7-21)19(28)29/h3-4,9-10,15H,2,5-8,11-12,23H2,1H3,(H,24,25,26). The number of fused-ring (bicyclic) bond motifs is 2. The fourth-order valence-electron chi connectivity index (χ4n) is 4.51. The molecule has 152 valence electrons. The first-order valence-electron chi connectivity index (χ1n) is 10.2. The Bertz CT molecular complexity index is 976. The number of amides is 1. The molecular weight excluding hydrogens is 371 g/mol. The molecule has 0 bridgehead atoms. The normalized spacial score (nSPS) is 21.8. The smallest absolute Gasteiger partial charge is 0.238 e. The highest BCUT2D eigenvalue weighted by molar-refractivity contribution is 6.10. The zero-order valence-electron chi connectivity index (χ0n) is 16.5. The average Bonchev–Trinajstić information content (AvgIpc) is 3.35. The van der Waals surface area contributed by atoms with Gasteiger partial charge in [0.05, 0.1) is 17.6 Å². The molecule has 5 rings (SSSR count). The molecule has 1 aromatic heterocycles. The Hall–Kier alpha value is -2.74. The van der Waals surface area contributed by atoms with Crippen molar-refractivity contribution >= 4 is 23.4 Å². The quantitative estimate of drug-likeness (QED) is 0.805. The van der Waals surface area contributed by atoms with Crippen molar-refractivity contribution in [3.63, 3.8) is 0 Å². The topological polar surface area (TPSA) is 87.4 Å². The van der Waals surface area contributed by atoms with E-state index in [-0.39, 0.29) is 17.8 Å². The third-order valence-corrected chi connectivity index (χ3v) is 6.20. The maximum absolute atomic E-state index is 13.9. The number of carbonyl (C=O) groups is 1. The van der Waals surface area contributed by atoms with E-state index in [9.17, 15) is 9.18 Å². The molecule has 1 saturated heterocycles. The van der Waals surface area contributed by atoms with Crippen LogP contribution in [0.2, 0.25) is 0 Å². The van der Waals surface area contributed by atoms with Gasteiger partial charge in [0.25, 0.3) is 0 Å². The first kappa shape index (κ1) is 18.3. The summed E-state index contributed by atoms with van der Waals surface area (Å²) in [6.45, 7) is 4.60. The number of nitrogens with two attached hydrogens (primary N) is 1. The summed E-state index contributed by atoms with van der Waals surface area (Å²) in [6.07, 6.45) is 4.35. The minimum Gasteiger partial charge on any atom is -0.370 e. The van der Waals surface area contributed by atoms with Gasteiger partial charge in [0.1, 0.15) is 11.6 Å². The Morgan fingerprint density at radius 3 is 2.90 bits per heavy atom. The van der Waals surface area contributed by atoms with E-state index in [4.69, 9.17) is 10.7 Å². The van der Waals surface area contributed by atoms with Crippen LogP contribution in [0.15, 0.2) is 24.4 Å². The van der Waals surface area contributed by atoms with E-state index in [1.54, 1.807) is 17.2 Å². The highest BCUT2D eigenvalue weighted by atomic mass is 19.1. The van der Waals surface area contributed by atoms with Crippen LogP contribution in [0.1, 0.15) is 37.3 Å². The third kappa shape index (κ3) is 2.93. The molecule has 2 aliphatic heterocycles. The van der Waals surface area contributed by atoms with E-state index in [2.05, 4.69) is 15.2 Å². The van der Waals surface area contributed by atoms with Crippen LogP contribution in [-0.2, 0) is 16.8 Å². The van der Waals surface area contributed by atoms with Crippen LogP contribution < -0.4 is 20.9 Å². The number of hydrogen-bond donors (Lipinski definition) is 2. The Morgan fingerprint density at radius 2 is 2.21 bits per heavy atom. The number of nitrogens with zero attached hydrogens (tertiary/aromatic N) is 4. The second kappa shape index (κ2) is 6.66. The van der Waals surface area contributed by atoms with Crippen molar-refractivity contribution in [3.05, 3.63) is 41.3 Å². The summed E-state index contributed by atoms with van der Waals surface area (Å²) >= 11 is 0. The van der Waals surface area contributed by atoms with Gasteiger partial charge < -0.3 is 20.9 Å². The van der Waals surface area contributed by atoms with Crippen LogP contribution in [-0.4, -0.2) is 41.6 Å². The van der Waals surface area contributed by atoms with Gasteiger partial charge in [-0.05, 0) is 43.9 Å². The molecule has 1 atom stereocenters. The van der Waals surface area contributed by atoms with Crippen LogP contribution in [0, 0.1) is 5.82 Å². The fraction of sp³-hybridized carbons (Fsp3) is 0.476. The summed E-state index contributed by atoms with van der Waals surface area (Å²) in [5.74, 6) is 1.08. The largest absolute Gasteiger partial charge is 0.370 e. The van der Waals surface area contributed by atoms with Crippen LogP contribution in [0.25, 0.3) is 0 Å². The third-order valence-electron chi connectivity index (χ3n) is 6.20. The molecule has 1 spiro atoms. The minimum atomic E-state index is -0.451. The van der Waals surface area contributed by atoms with Crippen LogP contribution in [0.4, 0.5) is 21.8 Å². The molecule has 3 aliphatic rings. The van der Waals surface area contributed by atoms with Gasteiger partial charge >= 0.3 is 0 Å². The number of nitrogens with one attached hydrogen (secondary N) is 1. The highest BCUT2D eigenvalue weighted by Crippen LogP contribution is 2.57. The molecule has 3 N–H and O–H groups in total. The summed E-state index contributed by atoms with van der Waals surface area (Å²) in [4.78, 5) is 26.2. The predicted molar refractivity (Wildman–Crippen MR) is 110 cm³/mol. The van der Waals surface area contributed by atoms with Gasteiger partial charge in [-0.25, -0.2) is 9.37 Å². The van der Waals surface area contributed by atoms with Crippen LogP contribution in [0.3, 0.4) is 0 Å². The lowest BCUT2D eigenvalue weighted by molar-refractivity contribution is -0.120. The van der Waals surface area contributed by atoms with Crippen LogP contribution >= 0.6 is 0 Å². The average molecular weight is 396 g/mol. The van der Waals surface area contributed by atoms with Crippen molar-refractivity contribution in [1.82, 2.24) is 9.97 Å². The van der Waals surface area contributed by atoms with E-state index in [0.29, 0.717) is 30.5 Å². The molecular formula is C21H25FN6O. The molecule has 29 heavy (non-hydrogen) atoms. The van der Waals surface area contributed by atoms with E-state index in [0.717, 1.165) is 43.5 Å². The SMILES string of the molecule is CCNc1nc(N2CCC(N)C2)ncc1CN1C(=O)C2(CC2)c2ccc(F)cc21. The van der Waals surface area contributed by atoms with E-state index >= 15 is 0 Å². The monoisotopic (exact) mass is 396 g/mol.